The van der Waals surface area contributed by atoms with E-state index < -0.39 is 11.7 Å². The first-order valence-electron chi connectivity index (χ1n) is 8.31. The minimum Gasteiger partial charge on any atom is -0.355 e. The molecule has 1 fully saturated rings. The monoisotopic (exact) mass is 398 g/mol. The first-order chi connectivity index (χ1) is 12.7. The van der Waals surface area contributed by atoms with Gasteiger partial charge >= 0.3 is 6.18 Å². The summed E-state index contributed by atoms with van der Waals surface area (Å²) in [6.45, 7) is 2.80. The molecule has 9 heteroatoms. The second kappa shape index (κ2) is 7.74. The van der Waals surface area contributed by atoms with E-state index in [0.29, 0.717) is 18.8 Å². The third-order valence-corrected chi connectivity index (χ3v) is 4.66. The predicted octanol–water partition coefficient (Wildman–Crippen LogP) is 3.89. The van der Waals surface area contributed by atoms with Gasteiger partial charge in [-0.25, -0.2) is 0 Å². The minimum atomic E-state index is -4.55. The number of nitrogens with zero attached hydrogens (tertiary/aromatic N) is 3. The van der Waals surface area contributed by atoms with Gasteiger partial charge < -0.3 is 15.1 Å². The normalized spacial score (nSPS) is 15.7. The van der Waals surface area contributed by atoms with E-state index in [4.69, 9.17) is 11.6 Å². The zero-order chi connectivity index (χ0) is 19.6. The van der Waals surface area contributed by atoms with E-state index in [9.17, 15) is 18.0 Å². The summed E-state index contributed by atoms with van der Waals surface area (Å²) in [6, 6.07) is 6.68. The third kappa shape index (κ3) is 4.70. The summed E-state index contributed by atoms with van der Waals surface area (Å²) in [4.78, 5) is 20.5. The number of alkyl halides is 3. The lowest BCUT2D eigenvalue weighted by Crippen LogP contribution is -2.47. The Hall–Kier alpha value is -2.32. The minimum absolute atomic E-state index is 0.196. The van der Waals surface area contributed by atoms with Crippen LogP contribution in [0.2, 0.25) is 5.02 Å². The maximum Gasteiger partial charge on any atom is 0.417 e. The van der Waals surface area contributed by atoms with Gasteiger partial charge in [-0.15, -0.1) is 0 Å². The van der Waals surface area contributed by atoms with Gasteiger partial charge in [0.2, 0.25) is 0 Å². The molecule has 1 saturated heterocycles. The molecule has 3 rings (SSSR count). The summed E-state index contributed by atoms with van der Waals surface area (Å²) >= 11 is 5.64. The van der Waals surface area contributed by atoms with Gasteiger partial charge in [0.1, 0.15) is 5.69 Å². The van der Waals surface area contributed by atoms with Crippen LogP contribution in [0.1, 0.15) is 16.1 Å². The van der Waals surface area contributed by atoms with Crippen LogP contribution in [0.4, 0.5) is 24.5 Å². The maximum absolute atomic E-state index is 13.0. The second-order valence-corrected chi connectivity index (χ2v) is 6.75. The molecule has 1 aromatic carbocycles. The van der Waals surface area contributed by atoms with Crippen molar-refractivity contribution in [1.82, 2.24) is 14.8 Å². The van der Waals surface area contributed by atoms with Crippen LogP contribution in [0.25, 0.3) is 0 Å². The first kappa shape index (κ1) is 19.4. The lowest BCUT2D eigenvalue weighted by molar-refractivity contribution is -0.137. The molecule has 0 bridgehead atoms. The number of benzene rings is 1. The smallest absolute Gasteiger partial charge is 0.355 e. The Morgan fingerprint density at radius 3 is 2.44 bits per heavy atom. The third-order valence-electron chi connectivity index (χ3n) is 4.33. The van der Waals surface area contributed by atoms with Crippen LogP contribution in [-0.2, 0) is 6.18 Å². The molecule has 144 valence electrons. The average molecular weight is 399 g/mol. The highest BCUT2D eigenvalue weighted by atomic mass is 35.5. The van der Waals surface area contributed by atoms with Gasteiger partial charge in [-0.05, 0) is 37.4 Å². The van der Waals surface area contributed by atoms with Gasteiger partial charge in [0.05, 0.1) is 10.6 Å². The number of piperazine rings is 1. The number of halogens is 4. The summed E-state index contributed by atoms with van der Waals surface area (Å²) in [5, 5.41) is 2.50. The zero-order valence-corrected chi connectivity index (χ0v) is 15.3. The fourth-order valence-electron chi connectivity index (χ4n) is 2.78. The van der Waals surface area contributed by atoms with Crippen molar-refractivity contribution in [1.29, 1.82) is 0 Å². The number of anilines is 2. The van der Waals surface area contributed by atoms with Crippen molar-refractivity contribution in [2.24, 2.45) is 0 Å². The van der Waals surface area contributed by atoms with Gasteiger partial charge in [-0.3, -0.25) is 9.78 Å². The number of hydrogen-bond donors (Lipinski definition) is 1. The number of carbonyl (C=O) groups excluding carboxylic acids is 1. The van der Waals surface area contributed by atoms with Gasteiger partial charge in [0.25, 0.3) is 5.91 Å². The van der Waals surface area contributed by atoms with Crippen molar-refractivity contribution < 1.29 is 18.0 Å². The van der Waals surface area contributed by atoms with E-state index >= 15 is 0 Å². The SMILES string of the molecule is CN1CCN(C(=O)c2cc(Nc3ccc(Cl)c(C(F)(F)F)c3)ccn2)CC1. The van der Waals surface area contributed by atoms with Crippen molar-refractivity contribution in [2.75, 3.05) is 38.5 Å². The molecule has 0 radical (unpaired) electrons. The highest BCUT2D eigenvalue weighted by Crippen LogP contribution is 2.36. The number of pyridine rings is 1. The van der Waals surface area contributed by atoms with Gasteiger partial charge in [-0.1, -0.05) is 11.6 Å². The highest BCUT2D eigenvalue weighted by Gasteiger charge is 2.33. The molecule has 2 aromatic rings. The Morgan fingerprint density at radius 1 is 1.11 bits per heavy atom. The summed E-state index contributed by atoms with van der Waals surface area (Å²) < 4.78 is 39.0. The van der Waals surface area contributed by atoms with Crippen LogP contribution in [0.3, 0.4) is 0 Å². The summed E-state index contributed by atoms with van der Waals surface area (Å²) in [5.74, 6) is -0.196. The van der Waals surface area contributed by atoms with Crippen LogP contribution in [-0.4, -0.2) is 53.9 Å². The van der Waals surface area contributed by atoms with E-state index in [2.05, 4.69) is 15.2 Å². The summed E-state index contributed by atoms with van der Waals surface area (Å²) in [6.07, 6.45) is -3.10. The molecule has 0 spiro atoms. The van der Waals surface area contributed by atoms with Crippen LogP contribution >= 0.6 is 11.6 Å². The van der Waals surface area contributed by atoms with Crippen molar-refractivity contribution in [3.05, 3.63) is 52.8 Å². The number of carbonyl (C=O) groups is 1. The Morgan fingerprint density at radius 2 is 1.78 bits per heavy atom. The van der Waals surface area contributed by atoms with Gasteiger partial charge in [0.15, 0.2) is 0 Å². The van der Waals surface area contributed by atoms with Crippen molar-refractivity contribution >= 4 is 28.9 Å². The molecular weight excluding hydrogens is 381 g/mol. The molecule has 2 heterocycles. The number of aromatic nitrogens is 1. The van der Waals surface area contributed by atoms with E-state index in [1.807, 2.05) is 7.05 Å². The molecule has 1 N–H and O–H groups in total. The summed E-state index contributed by atoms with van der Waals surface area (Å²) in [5.41, 5.74) is 0.0142. The van der Waals surface area contributed by atoms with E-state index in [1.54, 1.807) is 11.0 Å². The molecule has 1 amide bonds. The standard InChI is InChI=1S/C18H18ClF3N4O/c1-25-6-8-26(9-7-25)17(27)16-11-13(4-5-23-16)24-12-2-3-15(19)14(10-12)18(20,21)22/h2-5,10-11H,6-9H2,1H3,(H,23,24). The molecule has 0 aliphatic carbocycles. The Bertz CT molecular complexity index is 836. The van der Waals surface area contributed by atoms with E-state index in [0.717, 1.165) is 19.2 Å². The van der Waals surface area contributed by atoms with Crippen molar-refractivity contribution in [2.45, 2.75) is 6.18 Å². The Kier molecular flexibility index (Phi) is 5.57. The topological polar surface area (TPSA) is 48.5 Å². The quantitative estimate of drug-likeness (QED) is 0.852. The predicted molar refractivity (Wildman–Crippen MR) is 97.4 cm³/mol. The first-order valence-corrected chi connectivity index (χ1v) is 8.69. The van der Waals surface area contributed by atoms with Gasteiger partial charge in [-0.2, -0.15) is 13.2 Å². The highest BCUT2D eigenvalue weighted by molar-refractivity contribution is 6.31. The number of nitrogens with one attached hydrogen (secondary N) is 1. The molecular formula is C18H18ClF3N4O. The lowest BCUT2D eigenvalue weighted by Gasteiger charge is -2.32. The molecule has 0 unspecified atom stereocenters. The molecule has 1 aliphatic heterocycles. The van der Waals surface area contributed by atoms with Crippen LogP contribution in [0.5, 0.6) is 0 Å². The molecule has 1 aliphatic rings. The molecule has 5 nitrogen and oxygen atoms in total. The van der Waals surface area contributed by atoms with E-state index in [-0.39, 0.29) is 22.3 Å². The van der Waals surface area contributed by atoms with Crippen LogP contribution in [0.15, 0.2) is 36.5 Å². The largest absolute Gasteiger partial charge is 0.417 e. The van der Waals surface area contributed by atoms with Crippen LogP contribution < -0.4 is 5.32 Å². The number of amides is 1. The zero-order valence-electron chi connectivity index (χ0n) is 14.6. The fourth-order valence-corrected chi connectivity index (χ4v) is 3.01. The number of likely N-dealkylation sites (N-methyl/N-ethyl adjacent to an activating group) is 1. The lowest BCUT2D eigenvalue weighted by atomic mass is 10.2. The molecule has 0 saturated carbocycles. The van der Waals surface area contributed by atoms with Crippen molar-refractivity contribution in [3.63, 3.8) is 0 Å². The maximum atomic E-state index is 13.0. The Balaban J connectivity index is 1.77. The van der Waals surface area contributed by atoms with E-state index in [1.165, 1.54) is 24.4 Å². The van der Waals surface area contributed by atoms with Crippen LogP contribution in [0, 0.1) is 0 Å². The number of hydrogen-bond acceptors (Lipinski definition) is 4. The average Bonchev–Trinajstić information content (AvgIpc) is 2.63. The number of rotatable bonds is 3. The fraction of sp³-hybridized carbons (Fsp3) is 0.333. The second-order valence-electron chi connectivity index (χ2n) is 6.34. The molecule has 27 heavy (non-hydrogen) atoms. The molecule has 0 atom stereocenters. The summed E-state index contributed by atoms with van der Waals surface area (Å²) in [7, 11) is 1.99. The molecule has 1 aromatic heterocycles. The van der Waals surface area contributed by atoms with Gasteiger partial charge in [0, 0.05) is 43.8 Å². The van der Waals surface area contributed by atoms with Crippen molar-refractivity contribution in [3.8, 4) is 0 Å². The Labute approximate surface area is 159 Å².